The largest absolute Gasteiger partial charge is 0.462 e. The Morgan fingerprint density at radius 3 is 2.75 bits per heavy atom. The van der Waals surface area contributed by atoms with E-state index in [9.17, 15) is 24.5 Å². The van der Waals surface area contributed by atoms with E-state index in [1.54, 1.807) is 44.2 Å². The third-order valence-electron chi connectivity index (χ3n) is 6.46. The molecule has 1 unspecified atom stereocenters. The van der Waals surface area contributed by atoms with Crippen LogP contribution in [-0.4, -0.2) is 55.5 Å². The maximum Gasteiger partial charge on any atom is 0.459 e. The number of aliphatic hydroxyl groups is 1. The van der Waals surface area contributed by atoms with Crippen molar-refractivity contribution in [3.05, 3.63) is 59.2 Å². The fourth-order valence-electron chi connectivity index (χ4n) is 4.41. The number of rotatable bonds is 10. The summed E-state index contributed by atoms with van der Waals surface area (Å²) in [6.07, 6.45) is -0.400. The van der Waals surface area contributed by atoms with Crippen molar-refractivity contribution in [2.45, 2.75) is 51.5 Å². The molecule has 0 bridgehead atoms. The first kappa shape index (κ1) is 29.0. The van der Waals surface area contributed by atoms with Gasteiger partial charge in [0, 0.05) is 0 Å². The van der Waals surface area contributed by atoms with Crippen LogP contribution < -0.4 is 20.9 Å². The number of imidazole rings is 1. The Morgan fingerprint density at radius 1 is 1.40 bits per heavy atom. The van der Waals surface area contributed by atoms with Gasteiger partial charge in [0.25, 0.3) is 5.56 Å². The fraction of sp³-hybridized carbons (Fsp3) is 0.400. The molecular formula is C25H30N7O7P. The summed E-state index contributed by atoms with van der Waals surface area (Å²) >= 11 is 0. The minimum absolute atomic E-state index is 0.00993. The summed E-state index contributed by atoms with van der Waals surface area (Å²) in [6, 6.07) is 8.35. The van der Waals surface area contributed by atoms with E-state index in [2.05, 4.69) is 32.7 Å². The number of aliphatic hydroxyl groups excluding tert-OH is 1. The normalized spacial score (nSPS) is 23.1. The number of nitrogen functional groups attached to an aromatic ring is 1. The molecule has 3 aromatic rings. The first-order valence-corrected chi connectivity index (χ1v) is 13.9. The van der Waals surface area contributed by atoms with Gasteiger partial charge in [-0.2, -0.15) is 15.3 Å². The monoisotopic (exact) mass is 571 g/mol. The van der Waals surface area contributed by atoms with Crippen molar-refractivity contribution in [1.82, 2.24) is 24.6 Å². The van der Waals surface area contributed by atoms with Crippen molar-refractivity contribution < 1.29 is 28.3 Å². The summed E-state index contributed by atoms with van der Waals surface area (Å²) in [6.45, 7) is 8.21. The molecular weight excluding hydrogens is 541 g/mol. The molecule has 0 aliphatic heterocycles. The maximum absolute atomic E-state index is 13.9. The van der Waals surface area contributed by atoms with Crippen molar-refractivity contribution in [3.63, 3.8) is 0 Å². The van der Waals surface area contributed by atoms with Crippen LogP contribution in [0.3, 0.4) is 0 Å². The second-order valence-electron chi connectivity index (χ2n) is 9.66. The van der Waals surface area contributed by atoms with Gasteiger partial charge < -0.3 is 24.7 Å². The number of benzene rings is 1. The molecule has 40 heavy (non-hydrogen) atoms. The van der Waals surface area contributed by atoms with E-state index in [4.69, 9.17) is 19.5 Å². The van der Waals surface area contributed by atoms with Gasteiger partial charge in [-0.05, 0) is 44.9 Å². The Balaban J connectivity index is 1.62. The number of H-pyrrole nitrogens is 1. The van der Waals surface area contributed by atoms with Crippen LogP contribution in [0.1, 0.15) is 33.2 Å². The summed E-state index contributed by atoms with van der Waals surface area (Å²) in [7, 11) is -4.34. The molecule has 0 spiro atoms. The summed E-state index contributed by atoms with van der Waals surface area (Å²) in [5.74, 6) is -0.644. The molecule has 0 radical (unpaired) electrons. The lowest BCUT2D eigenvalue weighted by molar-refractivity contribution is -0.149. The van der Waals surface area contributed by atoms with Crippen LogP contribution in [0.25, 0.3) is 11.2 Å². The molecule has 5 atom stereocenters. The third-order valence-corrected chi connectivity index (χ3v) is 8.09. The number of carbonyl (C=O) groups is 1. The second-order valence-corrected chi connectivity index (χ2v) is 11.4. The number of fused-ring (bicyclic) bond motifs is 1. The Morgan fingerprint density at radius 2 is 2.10 bits per heavy atom. The Kier molecular flexibility index (Phi) is 8.13. The van der Waals surface area contributed by atoms with Crippen molar-refractivity contribution in [3.8, 4) is 11.8 Å². The fourth-order valence-corrected chi connectivity index (χ4v) is 5.94. The Labute approximate surface area is 229 Å². The van der Waals surface area contributed by atoms with Crippen LogP contribution >= 0.6 is 7.75 Å². The number of aromatic nitrogens is 4. The molecule has 2 heterocycles. The zero-order valence-corrected chi connectivity index (χ0v) is 23.0. The summed E-state index contributed by atoms with van der Waals surface area (Å²) < 4.78 is 32.0. The highest BCUT2D eigenvalue weighted by Crippen LogP contribution is 2.53. The van der Waals surface area contributed by atoms with Crippen LogP contribution in [0, 0.1) is 16.7 Å². The zero-order valence-electron chi connectivity index (χ0n) is 22.1. The minimum atomic E-state index is -4.34. The van der Waals surface area contributed by atoms with E-state index in [0.717, 1.165) is 0 Å². The van der Waals surface area contributed by atoms with Gasteiger partial charge in [-0.3, -0.25) is 19.1 Å². The van der Waals surface area contributed by atoms with Gasteiger partial charge >= 0.3 is 13.7 Å². The van der Waals surface area contributed by atoms with Gasteiger partial charge in [-0.25, -0.2) is 9.55 Å². The van der Waals surface area contributed by atoms with Crippen molar-refractivity contribution in [2.75, 3.05) is 12.3 Å². The van der Waals surface area contributed by atoms with E-state index in [1.807, 2.05) is 0 Å². The van der Waals surface area contributed by atoms with Crippen molar-refractivity contribution in [2.24, 2.45) is 5.41 Å². The highest BCUT2D eigenvalue weighted by Gasteiger charge is 2.53. The molecule has 1 aliphatic carbocycles. The SMILES string of the molecule is C=C1[C@@H](n2cnc3c(=O)[nH]c(N)nc32)C[C@H](O)[C@@]1(C#N)COP(=O)(N[C@@H](C)C(=O)OC(C)C)Oc1ccccc1. The Hall–Kier alpha value is -4.02. The summed E-state index contributed by atoms with van der Waals surface area (Å²) in [5.41, 5.74) is 3.79. The first-order valence-electron chi connectivity index (χ1n) is 12.4. The number of nitrogens with one attached hydrogen (secondary N) is 2. The van der Waals surface area contributed by atoms with Gasteiger partial charge in [0.05, 0.1) is 37.3 Å². The number of hydrogen-bond donors (Lipinski definition) is 4. The summed E-state index contributed by atoms with van der Waals surface area (Å²) in [4.78, 5) is 35.2. The molecule has 0 saturated heterocycles. The van der Waals surface area contributed by atoms with Crippen LogP contribution in [-0.2, 0) is 18.6 Å². The molecule has 1 fully saturated rings. The minimum Gasteiger partial charge on any atom is -0.462 e. The quantitative estimate of drug-likeness (QED) is 0.157. The molecule has 1 aliphatic rings. The summed E-state index contributed by atoms with van der Waals surface area (Å²) in [5, 5.41) is 23.9. The lowest BCUT2D eigenvalue weighted by atomic mass is 9.83. The maximum atomic E-state index is 13.9. The van der Waals surface area contributed by atoms with E-state index >= 15 is 0 Å². The highest BCUT2D eigenvalue weighted by molar-refractivity contribution is 7.52. The Bertz CT molecular complexity index is 1560. The van der Waals surface area contributed by atoms with Gasteiger partial charge in [-0.1, -0.05) is 24.8 Å². The topological polar surface area (TPSA) is 207 Å². The second kappa shape index (κ2) is 11.2. The van der Waals surface area contributed by atoms with Crippen LogP contribution in [0.4, 0.5) is 5.95 Å². The molecule has 0 amide bonds. The van der Waals surface area contributed by atoms with Crippen molar-refractivity contribution >= 4 is 30.8 Å². The number of nitrogens with zero attached hydrogens (tertiary/aromatic N) is 4. The number of para-hydroxylation sites is 1. The lowest BCUT2D eigenvalue weighted by Crippen LogP contribution is -2.39. The van der Waals surface area contributed by atoms with Crippen LogP contribution in [0.15, 0.2) is 53.6 Å². The smallest absolute Gasteiger partial charge is 0.459 e. The number of hydrogen-bond acceptors (Lipinski definition) is 11. The number of nitriles is 1. The first-order chi connectivity index (χ1) is 18.9. The zero-order chi connectivity index (χ0) is 29.2. The molecule has 1 aromatic carbocycles. The molecule has 5 N–H and O–H groups in total. The average molecular weight is 572 g/mol. The van der Waals surface area contributed by atoms with Gasteiger partial charge in [0.15, 0.2) is 11.2 Å². The van der Waals surface area contributed by atoms with E-state index in [0.29, 0.717) is 0 Å². The predicted octanol–water partition coefficient (Wildman–Crippen LogP) is 2.21. The van der Waals surface area contributed by atoms with Gasteiger partial charge in [0.1, 0.15) is 17.2 Å². The number of aromatic amines is 1. The average Bonchev–Trinajstić information content (AvgIpc) is 3.41. The number of ether oxygens (including phenoxy) is 1. The molecule has 15 heteroatoms. The highest BCUT2D eigenvalue weighted by atomic mass is 31.2. The lowest BCUT2D eigenvalue weighted by Gasteiger charge is -2.30. The molecule has 212 valence electrons. The predicted molar refractivity (Wildman–Crippen MR) is 144 cm³/mol. The number of anilines is 1. The van der Waals surface area contributed by atoms with Gasteiger partial charge in [0.2, 0.25) is 5.95 Å². The number of esters is 1. The van der Waals surface area contributed by atoms with Crippen LogP contribution in [0.5, 0.6) is 5.75 Å². The van der Waals surface area contributed by atoms with Gasteiger partial charge in [-0.15, -0.1) is 0 Å². The van der Waals surface area contributed by atoms with Crippen LogP contribution in [0.2, 0.25) is 0 Å². The molecule has 2 aromatic heterocycles. The number of nitrogens with two attached hydrogens (primary N) is 1. The van der Waals surface area contributed by atoms with E-state index in [-0.39, 0.29) is 34.9 Å². The van der Waals surface area contributed by atoms with Crippen molar-refractivity contribution in [1.29, 1.82) is 5.26 Å². The standard InChI is InChI=1S/C25H30N7O7P/c1-14(2)38-23(35)16(4)31-40(36,39-17-8-6-5-7-9-17)37-12-25(11-26)15(3)18(10-19(25)33)32-13-28-20-21(32)29-24(27)30-22(20)34/h5-9,13-14,16,18-19,33H,3,10,12H2,1-2,4H3,(H,31,36)(H3,27,29,30,34)/t16-,18-,19-,25-,40?/m0/s1. The molecule has 14 nitrogen and oxygen atoms in total. The molecule has 1 saturated carbocycles. The van der Waals surface area contributed by atoms with E-state index in [1.165, 1.54) is 17.8 Å². The third kappa shape index (κ3) is 5.64. The molecule has 4 rings (SSSR count). The number of carbonyl (C=O) groups excluding carboxylic acids is 1. The van der Waals surface area contributed by atoms with E-state index < -0.39 is 55.6 Å².